The molecule has 0 unspecified atom stereocenters. The van der Waals surface area contributed by atoms with Crippen molar-refractivity contribution in [2.24, 2.45) is 5.92 Å². The zero-order valence-electron chi connectivity index (χ0n) is 23.6. The molecule has 1 aromatic carbocycles. The number of fused-ring (bicyclic) bond motifs is 1. The normalized spacial score (nSPS) is 22.0. The number of nitrogens with one attached hydrogen (secondary N) is 4. The first-order valence-corrected chi connectivity index (χ1v) is 14.5. The molecule has 1 saturated heterocycles. The van der Waals surface area contributed by atoms with Crippen LogP contribution in [0.3, 0.4) is 0 Å². The van der Waals surface area contributed by atoms with Crippen molar-refractivity contribution >= 4 is 45.8 Å². The van der Waals surface area contributed by atoms with Crippen molar-refractivity contribution in [3.05, 3.63) is 59.4 Å². The van der Waals surface area contributed by atoms with Gasteiger partial charge in [0.05, 0.1) is 12.6 Å². The highest BCUT2D eigenvalue weighted by atomic mass is 32.1. The van der Waals surface area contributed by atoms with Gasteiger partial charge in [-0.3, -0.25) is 28.4 Å². The number of hydrogen-bond donors (Lipinski definition) is 5. The van der Waals surface area contributed by atoms with Gasteiger partial charge in [-0.15, -0.1) is 11.3 Å². The first kappa shape index (κ1) is 30.7. The minimum atomic E-state index is -1.33. The number of benzene rings is 1. The number of imidazole rings is 1. The Morgan fingerprint density at radius 3 is 2.43 bits per heavy atom. The van der Waals surface area contributed by atoms with Crippen LogP contribution in [-0.2, 0) is 25.6 Å². The number of rotatable bonds is 5. The van der Waals surface area contributed by atoms with E-state index in [1.54, 1.807) is 54.9 Å². The molecule has 3 heterocycles. The first-order chi connectivity index (χ1) is 20.0. The number of hydrogen-bond acceptors (Lipinski definition) is 8. The average Bonchev–Trinajstić information content (AvgIpc) is 3.55. The molecule has 224 valence electrons. The molecule has 4 rings (SSSR count). The summed E-state index contributed by atoms with van der Waals surface area (Å²) in [5.74, 6) is -3.44. The minimum Gasteiger partial charge on any atom is -0.391 e. The van der Waals surface area contributed by atoms with Crippen molar-refractivity contribution < 1.29 is 29.1 Å². The molecular weight excluding hydrogens is 562 g/mol. The molecule has 4 atom stereocenters. The summed E-state index contributed by atoms with van der Waals surface area (Å²) in [6, 6.07) is 5.55. The van der Waals surface area contributed by atoms with E-state index in [1.165, 1.54) is 23.2 Å². The summed E-state index contributed by atoms with van der Waals surface area (Å²) >= 11 is 1.35. The maximum Gasteiger partial charge on any atom is 0.274 e. The number of aromatic nitrogens is 2. The van der Waals surface area contributed by atoms with Crippen molar-refractivity contribution in [2.75, 3.05) is 19.6 Å². The van der Waals surface area contributed by atoms with Gasteiger partial charge < -0.3 is 31.3 Å². The predicted octanol–water partition coefficient (Wildman–Crippen LogP) is -0.298. The molecule has 42 heavy (non-hydrogen) atoms. The third-order valence-electron chi connectivity index (χ3n) is 6.86. The fraction of sp³-hybridized carbons (Fsp3) is 0.429. The van der Waals surface area contributed by atoms with Gasteiger partial charge in [-0.05, 0) is 18.4 Å². The van der Waals surface area contributed by atoms with Crippen LogP contribution in [0.4, 0.5) is 0 Å². The molecular formula is C28H35N7O6S. The number of aliphatic hydroxyl groups is 1. The van der Waals surface area contributed by atoms with E-state index in [9.17, 15) is 29.1 Å². The Hall–Kier alpha value is -4.30. The fourth-order valence-electron chi connectivity index (χ4n) is 4.58. The third kappa shape index (κ3) is 7.50. The third-order valence-corrected chi connectivity index (χ3v) is 7.63. The van der Waals surface area contributed by atoms with Gasteiger partial charge in [0.15, 0.2) is 4.96 Å². The molecule has 2 aromatic heterocycles. The molecule has 0 bridgehead atoms. The summed E-state index contributed by atoms with van der Waals surface area (Å²) in [5, 5.41) is 22.8. The Bertz CT molecular complexity index is 1410. The number of thiazole rings is 1. The minimum absolute atomic E-state index is 0.0706. The van der Waals surface area contributed by atoms with Crippen LogP contribution in [0.1, 0.15) is 36.8 Å². The highest BCUT2D eigenvalue weighted by Crippen LogP contribution is 2.14. The van der Waals surface area contributed by atoms with Gasteiger partial charge in [0.1, 0.15) is 23.8 Å². The maximum absolute atomic E-state index is 13.4. The van der Waals surface area contributed by atoms with Crippen LogP contribution < -0.4 is 21.3 Å². The second kappa shape index (κ2) is 13.6. The number of carbonyl (C=O) groups excluding carboxylic acids is 5. The molecule has 1 aliphatic rings. The zero-order valence-corrected chi connectivity index (χ0v) is 24.4. The molecule has 1 fully saturated rings. The van der Waals surface area contributed by atoms with Gasteiger partial charge in [-0.2, -0.15) is 0 Å². The van der Waals surface area contributed by atoms with Gasteiger partial charge in [-0.25, -0.2) is 4.98 Å². The standard InChI is InChI=1S/C28H35N7O6S/c1-16(2)22-26(40)30-19(13-18-7-5-4-6-8-18)24(38)33-23(17(3)36)25(39)29-9-10-34(15-21(37)32-22)27(41)20-14-35-11-12-42-28(35)31-20/h4-8,11-12,14,16-17,19,22-23,36H,9-10,13,15H2,1-3H3,(H,29,39)(H,30,40)(H,32,37)(H,33,38)/t17-,19+,22-,23+/m1/s1. The van der Waals surface area contributed by atoms with Crippen molar-refractivity contribution in [2.45, 2.75) is 51.4 Å². The summed E-state index contributed by atoms with van der Waals surface area (Å²) in [6.07, 6.45) is 2.15. The molecule has 0 radical (unpaired) electrons. The zero-order chi connectivity index (χ0) is 30.4. The van der Waals surface area contributed by atoms with Crippen molar-refractivity contribution in [1.82, 2.24) is 35.6 Å². The van der Waals surface area contributed by atoms with Crippen molar-refractivity contribution in [3.63, 3.8) is 0 Å². The van der Waals surface area contributed by atoms with Crippen LogP contribution in [-0.4, -0.2) is 92.8 Å². The van der Waals surface area contributed by atoms with E-state index in [0.717, 1.165) is 5.56 Å². The van der Waals surface area contributed by atoms with Crippen molar-refractivity contribution in [3.8, 4) is 0 Å². The Labute approximate surface area is 246 Å². The van der Waals surface area contributed by atoms with Crippen LogP contribution in [0.2, 0.25) is 0 Å². The quantitative estimate of drug-likeness (QED) is 0.268. The topological polar surface area (TPSA) is 174 Å². The summed E-state index contributed by atoms with van der Waals surface area (Å²) in [5.41, 5.74) is 0.877. The lowest BCUT2D eigenvalue weighted by molar-refractivity contribution is -0.135. The Balaban J connectivity index is 1.63. The van der Waals surface area contributed by atoms with Crippen LogP contribution >= 0.6 is 11.3 Å². The number of carbonyl (C=O) groups is 5. The molecule has 14 heteroatoms. The summed E-state index contributed by atoms with van der Waals surface area (Å²) in [4.78, 5) is 72.6. The van der Waals surface area contributed by atoms with Crippen LogP contribution in [0.15, 0.2) is 48.1 Å². The second-order valence-electron chi connectivity index (χ2n) is 10.5. The Kier molecular flexibility index (Phi) is 9.91. The summed E-state index contributed by atoms with van der Waals surface area (Å²) in [6.45, 7) is 4.31. The average molecular weight is 598 g/mol. The van der Waals surface area contributed by atoms with Gasteiger partial charge >= 0.3 is 0 Å². The molecule has 1 aliphatic heterocycles. The second-order valence-corrected chi connectivity index (χ2v) is 11.4. The van der Waals surface area contributed by atoms with Gasteiger partial charge in [0.25, 0.3) is 5.91 Å². The predicted molar refractivity (Wildman–Crippen MR) is 154 cm³/mol. The van der Waals surface area contributed by atoms with Crippen LogP contribution in [0.5, 0.6) is 0 Å². The largest absolute Gasteiger partial charge is 0.391 e. The molecule has 5 N–H and O–H groups in total. The fourth-order valence-corrected chi connectivity index (χ4v) is 5.28. The van der Waals surface area contributed by atoms with Gasteiger partial charge in [0, 0.05) is 37.3 Å². The van der Waals surface area contributed by atoms with E-state index in [2.05, 4.69) is 26.3 Å². The number of nitrogens with zero attached hydrogens (tertiary/aromatic N) is 3. The highest BCUT2D eigenvalue weighted by molar-refractivity contribution is 7.15. The SMILES string of the molecule is CC(C)[C@H]1NC(=O)CN(C(=O)c2cn3ccsc3n2)CCNC(=O)[C@H]([C@@H](C)O)NC(=O)[C@H](Cc2ccccc2)NC1=O. The van der Waals surface area contributed by atoms with E-state index in [1.807, 2.05) is 11.4 Å². The maximum atomic E-state index is 13.4. The first-order valence-electron chi connectivity index (χ1n) is 13.6. The van der Waals surface area contributed by atoms with E-state index in [0.29, 0.717) is 4.96 Å². The van der Waals surface area contributed by atoms with E-state index < -0.39 is 60.3 Å². The molecule has 0 aliphatic carbocycles. The highest BCUT2D eigenvalue weighted by Gasteiger charge is 2.33. The summed E-state index contributed by atoms with van der Waals surface area (Å²) in [7, 11) is 0. The van der Waals surface area contributed by atoms with Crippen molar-refractivity contribution in [1.29, 1.82) is 0 Å². The smallest absolute Gasteiger partial charge is 0.274 e. The van der Waals surface area contributed by atoms with E-state index >= 15 is 0 Å². The molecule has 0 saturated carbocycles. The Morgan fingerprint density at radius 1 is 1.02 bits per heavy atom. The van der Waals surface area contributed by atoms with Gasteiger partial charge in [0.2, 0.25) is 23.6 Å². The van der Waals surface area contributed by atoms with E-state index in [4.69, 9.17) is 0 Å². The molecule has 3 aromatic rings. The number of aliphatic hydroxyl groups excluding tert-OH is 1. The summed E-state index contributed by atoms with van der Waals surface area (Å²) < 4.78 is 1.69. The number of amides is 5. The lowest BCUT2D eigenvalue weighted by Gasteiger charge is -2.27. The molecule has 0 spiro atoms. The lowest BCUT2D eigenvalue weighted by atomic mass is 10.0. The molecule has 5 amide bonds. The monoisotopic (exact) mass is 597 g/mol. The van der Waals surface area contributed by atoms with Crippen LogP contribution in [0.25, 0.3) is 4.96 Å². The van der Waals surface area contributed by atoms with Gasteiger partial charge in [-0.1, -0.05) is 44.2 Å². The molecule has 13 nitrogen and oxygen atoms in total. The lowest BCUT2D eigenvalue weighted by Crippen LogP contribution is -2.60. The van der Waals surface area contributed by atoms with E-state index in [-0.39, 0.29) is 31.1 Å². The Morgan fingerprint density at radius 2 is 1.76 bits per heavy atom. The van der Waals surface area contributed by atoms with Crippen LogP contribution in [0, 0.1) is 5.92 Å².